The standard InChI is InChI=1S/C27H35NO6/c1-7-16(8-2)18-12-21(32-15(3)29)27(6)24(26(18,4)5)23(30)22-20(34-27)13-19(33-25(22)31)17-10-9-11-28-14-17/h9-11,13-14,16,18,21,23-24,30H,7-8,12H2,1-6H3/t18-,21-,23-,24+,27+/m0/s1. The van der Waals surface area contributed by atoms with Crippen LogP contribution in [0.3, 0.4) is 0 Å². The van der Waals surface area contributed by atoms with Gasteiger partial charge in [-0.15, -0.1) is 0 Å². The van der Waals surface area contributed by atoms with E-state index in [1.54, 1.807) is 30.6 Å². The second-order valence-electron chi connectivity index (χ2n) is 10.5. The van der Waals surface area contributed by atoms with Gasteiger partial charge in [-0.05, 0) is 42.7 Å². The average molecular weight is 470 g/mol. The topological polar surface area (TPSA) is 98.9 Å². The number of carbonyl (C=O) groups is 1. The van der Waals surface area contributed by atoms with Crippen LogP contribution in [0.2, 0.25) is 0 Å². The highest BCUT2D eigenvalue weighted by Gasteiger charge is 2.65. The Labute approximate surface area is 200 Å². The molecule has 1 aliphatic carbocycles. The summed E-state index contributed by atoms with van der Waals surface area (Å²) in [4.78, 5) is 29.3. The lowest BCUT2D eigenvalue weighted by Crippen LogP contribution is -2.67. The fourth-order valence-electron chi connectivity index (χ4n) is 6.70. The summed E-state index contributed by atoms with van der Waals surface area (Å²) < 4.78 is 18.0. The highest BCUT2D eigenvalue weighted by Crippen LogP contribution is 2.61. The molecule has 1 aliphatic heterocycles. The predicted octanol–water partition coefficient (Wildman–Crippen LogP) is 4.92. The summed E-state index contributed by atoms with van der Waals surface area (Å²) in [5.74, 6) is 0.251. The Kier molecular flexibility index (Phi) is 6.36. The first-order chi connectivity index (χ1) is 16.0. The molecule has 0 radical (unpaired) electrons. The molecule has 0 unspecified atom stereocenters. The smallest absolute Gasteiger partial charge is 0.345 e. The molecular weight excluding hydrogens is 434 g/mol. The molecule has 7 heteroatoms. The van der Waals surface area contributed by atoms with Crippen LogP contribution >= 0.6 is 0 Å². The third-order valence-electron chi connectivity index (χ3n) is 8.25. The van der Waals surface area contributed by atoms with Gasteiger partial charge in [-0.3, -0.25) is 9.78 Å². The summed E-state index contributed by atoms with van der Waals surface area (Å²) in [6.45, 7) is 11.9. The predicted molar refractivity (Wildman–Crippen MR) is 127 cm³/mol. The summed E-state index contributed by atoms with van der Waals surface area (Å²) in [7, 11) is 0. The van der Waals surface area contributed by atoms with E-state index in [1.807, 2.05) is 6.92 Å². The molecule has 184 valence electrons. The van der Waals surface area contributed by atoms with E-state index in [0.29, 0.717) is 23.7 Å². The van der Waals surface area contributed by atoms with Gasteiger partial charge in [0.05, 0.1) is 6.10 Å². The van der Waals surface area contributed by atoms with Crippen molar-refractivity contribution in [1.29, 1.82) is 0 Å². The van der Waals surface area contributed by atoms with E-state index in [1.165, 1.54) is 6.92 Å². The van der Waals surface area contributed by atoms with Crippen LogP contribution in [0.15, 0.2) is 39.8 Å². The number of carbonyl (C=O) groups excluding carboxylic acids is 1. The lowest BCUT2D eigenvalue weighted by Gasteiger charge is -2.61. The number of fused-ring (bicyclic) bond motifs is 2. The van der Waals surface area contributed by atoms with Gasteiger partial charge in [0.15, 0.2) is 0 Å². The van der Waals surface area contributed by atoms with Gasteiger partial charge in [0.25, 0.3) is 0 Å². The third kappa shape index (κ3) is 3.84. The van der Waals surface area contributed by atoms with Gasteiger partial charge in [-0.25, -0.2) is 4.79 Å². The summed E-state index contributed by atoms with van der Waals surface area (Å²) >= 11 is 0. The van der Waals surface area contributed by atoms with Crippen molar-refractivity contribution in [1.82, 2.24) is 4.98 Å². The number of rotatable bonds is 5. The maximum Gasteiger partial charge on any atom is 0.345 e. The molecule has 1 fully saturated rings. The van der Waals surface area contributed by atoms with Gasteiger partial charge in [0.1, 0.15) is 28.8 Å². The van der Waals surface area contributed by atoms with Crippen LogP contribution in [0.25, 0.3) is 11.3 Å². The summed E-state index contributed by atoms with van der Waals surface area (Å²) in [6, 6.07) is 5.16. The van der Waals surface area contributed by atoms with Crippen LogP contribution in [-0.4, -0.2) is 27.8 Å². The maximum absolute atomic E-state index is 13.1. The lowest BCUT2D eigenvalue weighted by atomic mass is 9.50. The molecule has 5 atom stereocenters. The maximum atomic E-state index is 13.1. The molecule has 1 saturated carbocycles. The van der Waals surface area contributed by atoms with E-state index in [9.17, 15) is 14.7 Å². The zero-order valence-corrected chi connectivity index (χ0v) is 20.8. The van der Waals surface area contributed by atoms with Gasteiger partial charge in [-0.2, -0.15) is 0 Å². The molecule has 0 spiro atoms. The second-order valence-corrected chi connectivity index (χ2v) is 10.5. The molecule has 2 aromatic heterocycles. The van der Waals surface area contributed by atoms with Gasteiger partial charge >= 0.3 is 11.6 Å². The summed E-state index contributed by atoms with van der Waals surface area (Å²) in [6.07, 6.45) is 4.13. The van der Waals surface area contributed by atoms with Gasteiger partial charge in [-0.1, -0.05) is 40.5 Å². The van der Waals surface area contributed by atoms with E-state index in [0.717, 1.165) is 12.8 Å². The molecule has 0 amide bonds. The van der Waals surface area contributed by atoms with Crippen LogP contribution in [0.5, 0.6) is 5.75 Å². The fraction of sp³-hybridized carbons (Fsp3) is 0.593. The molecule has 2 aliphatic rings. The zero-order chi connectivity index (χ0) is 24.8. The van der Waals surface area contributed by atoms with Crippen LogP contribution in [0, 0.1) is 23.2 Å². The van der Waals surface area contributed by atoms with E-state index in [-0.39, 0.29) is 23.2 Å². The number of hydrogen-bond donors (Lipinski definition) is 1. The Bertz CT molecular complexity index is 1110. The molecule has 4 rings (SSSR count). The monoisotopic (exact) mass is 469 g/mol. The van der Waals surface area contributed by atoms with Crippen molar-refractivity contribution in [2.45, 2.75) is 78.6 Å². The van der Waals surface area contributed by atoms with Crippen LogP contribution < -0.4 is 10.4 Å². The van der Waals surface area contributed by atoms with E-state index < -0.39 is 34.8 Å². The first-order valence-electron chi connectivity index (χ1n) is 12.2. The molecule has 0 aromatic carbocycles. The largest absolute Gasteiger partial charge is 0.482 e. The van der Waals surface area contributed by atoms with Crippen LogP contribution in [0.1, 0.15) is 72.5 Å². The van der Waals surface area contributed by atoms with Crippen molar-refractivity contribution in [3.63, 3.8) is 0 Å². The lowest BCUT2D eigenvalue weighted by molar-refractivity contribution is -0.231. The Morgan fingerprint density at radius 1 is 1.29 bits per heavy atom. The molecule has 34 heavy (non-hydrogen) atoms. The Morgan fingerprint density at radius 2 is 2.00 bits per heavy atom. The second kappa shape index (κ2) is 8.84. The fourth-order valence-corrected chi connectivity index (χ4v) is 6.70. The van der Waals surface area contributed by atoms with Crippen molar-refractivity contribution in [2.24, 2.45) is 23.2 Å². The van der Waals surface area contributed by atoms with Gasteiger partial charge < -0.3 is 19.0 Å². The molecule has 1 N–H and O–H groups in total. The molecule has 7 nitrogen and oxygen atoms in total. The first-order valence-corrected chi connectivity index (χ1v) is 12.2. The van der Waals surface area contributed by atoms with Crippen LogP contribution in [0.4, 0.5) is 0 Å². The number of aromatic nitrogens is 1. The minimum Gasteiger partial charge on any atom is -0.482 e. The van der Waals surface area contributed by atoms with Crippen molar-refractivity contribution in [2.75, 3.05) is 0 Å². The van der Waals surface area contributed by atoms with Crippen molar-refractivity contribution >= 4 is 5.97 Å². The minimum absolute atomic E-state index is 0.120. The number of pyridine rings is 1. The minimum atomic E-state index is -1.13. The highest BCUT2D eigenvalue weighted by atomic mass is 16.6. The van der Waals surface area contributed by atoms with E-state index in [4.69, 9.17) is 13.9 Å². The van der Waals surface area contributed by atoms with Gasteiger partial charge in [0.2, 0.25) is 0 Å². The number of aliphatic hydroxyl groups is 1. The average Bonchev–Trinajstić information content (AvgIpc) is 2.77. The third-order valence-corrected chi connectivity index (χ3v) is 8.25. The molecule has 0 bridgehead atoms. The summed E-state index contributed by atoms with van der Waals surface area (Å²) in [5.41, 5.74) is -1.30. The van der Waals surface area contributed by atoms with Gasteiger partial charge in [0, 0.05) is 36.9 Å². The number of esters is 1. The van der Waals surface area contributed by atoms with Crippen molar-refractivity contribution < 1.29 is 23.8 Å². The number of aliphatic hydroxyl groups excluding tert-OH is 1. The Balaban J connectivity index is 1.88. The van der Waals surface area contributed by atoms with E-state index in [2.05, 4.69) is 32.7 Å². The molecular formula is C27H35NO6. The Morgan fingerprint density at radius 3 is 2.59 bits per heavy atom. The SMILES string of the molecule is CCC(CC)[C@@H]1C[C@H](OC(C)=O)[C@@]2(C)Oc3cc(-c4cccnc4)oc(=O)c3[C@H](O)[C@@H]2C1(C)C. The number of ether oxygens (including phenoxy) is 2. The molecule has 2 aromatic rings. The zero-order valence-electron chi connectivity index (χ0n) is 20.8. The van der Waals surface area contributed by atoms with Crippen molar-refractivity contribution in [3.05, 3.63) is 46.6 Å². The van der Waals surface area contributed by atoms with Crippen molar-refractivity contribution in [3.8, 4) is 17.1 Å². The first kappa shape index (κ1) is 24.5. The van der Waals surface area contributed by atoms with E-state index >= 15 is 0 Å². The highest BCUT2D eigenvalue weighted by molar-refractivity contribution is 5.66. The Hall–Kier alpha value is -2.67. The van der Waals surface area contributed by atoms with Crippen LogP contribution in [-0.2, 0) is 9.53 Å². The molecule has 0 saturated heterocycles. The summed E-state index contributed by atoms with van der Waals surface area (Å²) in [5, 5.41) is 11.7. The normalized spacial score (nSPS) is 29.6. The quantitative estimate of drug-likeness (QED) is 0.621. The molecule has 3 heterocycles. The number of hydrogen-bond acceptors (Lipinski definition) is 7. The number of nitrogens with zero attached hydrogens (tertiary/aromatic N) is 1.